The molecule has 3 rings (SSSR count). The number of nitrogen functional groups attached to an aromatic ring is 1. The summed E-state index contributed by atoms with van der Waals surface area (Å²) in [6.07, 6.45) is 4.48. The second kappa shape index (κ2) is 6.10. The summed E-state index contributed by atoms with van der Waals surface area (Å²) in [6.45, 7) is 4.86. The minimum atomic E-state index is -0.389. The van der Waals surface area contributed by atoms with Gasteiger partial charge in [0.05, 0.1) is 18.0 Å². The van der Waals surface area contributed by atoms with E-state index in [0.29, 0.717) is 24.4 Å². The normalized spacial score (nSPS) is 25.0. The van der Waals surface area contributed by atoms with Crippen LogP contribution in [-0.2, 0) is 0 Å². The Labute approximate surface area is 125 Å². The summed E-state index contributed by atoms with van der Waals surface area (Å²) in [7, 11) is 0. The van der Waals surface area contributed by atoms with Crippen LogP contribution in [0.25, 0.3) is 0 Å². The van der Waals surface area contributed by atoms with Crippen molar-refractivity contribution in [2.75, 3.05) is 30.7 Å². The van der Waals surface area contributed by atoms with Crippen LogP contribution in [-0.4, -0.2) is 36.7 Å². The first-order chi connectivity index (χ1) is 10.2. The van der Waals surface area contributed by atoms with E-state index < -0.39 is 0 Å². The number of nitrogens with zero attached hydrogens (tertiary/aromatic N) is 1. The summed E-state index contributed by atoms with van der Waals surface area (Å²) in [5.74, 6) is -0.102. The lowest BCUT2D eigenvalue weighted by Gasteiger charge is -2.23. The van der Waals surface area contributed by atoms with Gasteiger partial charge in [-0.2, -0.15) is 0 Å². The highest BCUT2D eigenvalue weighted by Crippen LogP contribution is 2.34. The summed E-state index contributed by atoms with van der Waals surface area (Å²) in [5, 5.41) is 3.51. The number of fused-ring (bicyclic) bond motifs is 1. The van der Waals surface area contributed by atoms with Crippen LogP contribution in [0.15, 0.2) is 12.1 Å². The molecule has 1 aromatic carbocycles. The summed E-state index contributed by atoms with van der Waals surface area (Å²) < 4.78 is 19.3. The van der Waals surface area contributed by atoms with Crippen molar-refractivity contribution in [1.29, 1.82) is 0 Å². The minimum Gasteiger partial charge on any atom is -0.490 e. The van der Waals surface area contributed by atoms with Crippen LogP contribution in [0, 0.1) is 5.82 Å². The second-order valence-electron chi connectivity index (χ2n) is 6.00. The standard InChI is InChI=1S/C16H24FN3O/c1-2-8-21-16-10-14(12(18)9-11(16)17)19-13-5-7-20-6-3-4-15(13)20/h9-10,13,15,19H,2-8,18H2,1H3. The van der Waals surface area contributed by atoms with E-state index in [9.17, 15) is 4.39 Å². The Balaban J connectivity index is 1.75. The molecular weight excluding hydrogens is 269 g/mol. The summed E-state index contributed by atoms with van der Waals surface area (Å²) >= 11 is 0. The van der Waals surface area contributed by atoms with Crippen LogP contribution in [0.3, 0.4) is 0 Å². The molecule has 2 aliphatic heterocycles. The quantitative estimate of drug-likeness (QED) is 0.820. The van der Waals surface area contributed by atoms with Gasteiger partial charge in [0, 0.05) is 30.8 Å². The maximum absolute atomic E-state index is 13.8. The number of benzene rings is 1. The average molecular weight is 293 g/mol. The van der Waals surface area contributed by atoms with Crippen molar-refractivity contribution in [3.05, 3.63) is 17.9 Å². The molecular formula is C16H24FN3O. The molecule has 2 aliphatic rings. The number of anilines is 2. The topological polar surface area (TPSA) is 50.5 Å². The molecule has 0 saturated carbocycles. The lowest BCUT2D eigenvalue weighted by Crippen LogP contribution is -2.33. The van der Waals surface area contributed by atoms with E-state index in [1.807, 2.05) is 6.92 Å². The Morgan fingerprint density at radius 1 is 1.38 bits per heavy atom. The molecule has 0 aromatic heterocycles. The number of rotatable bonds is 5. The monoisotopic (exact) mass is 293 g/mol. The Morgan fingerprint density at radius 2 is 2.24 bits per heavy atom. The average Bonchev–Trinajstić information content (AvgIpc) is 3.05. The van der Waals surface area contributed by atoms with Crippen LogP contribution in [0.5, 0.6) is 5.75 Å². The minimum absolute atomic E-state index is 0.287. The molecule has 4 nitrogen and oxygen atoms in total. The van der Waals surface area contributed by atoms with Gasteiger partial charge in [-0.15, -0.1) is 0 Å². The van der Waals surface area contributed by atoms with Crippen LogP contribution in [0.2, 0.25) is 0 Å². The highest BCUT2D eigenvalue weighted by molar-refractivity contribution is 5.69. The molecule has 2 atom stereocenters. The fraction of sp³-hybridized carbons (Fsp3) is 0.625. The summed E-state index contributed by atoms with van der Waals surface area (Å²) in [6, 6.07) is 4.06. The number of hydrogen-bond acceptors (Lipinski definition) is 4. The number of halogens is 1. The van der Waals surface area contributed by atoms with Crippen molar-refractivity contribution < 1.29 is 9.13 Å². The highest BCUT2D eigenvalue weighted by Gasteiger charge is 2.37. The first-order valence-electron chi connectivity index (χ1n) is 7.91. The van der Waals surface area contributed by atoms with Gasteiger partial charge in [0.2, 0.25) is 0 Å². The van der Waals surface area contributed by atoms with E-state index in [1.165, 1.54) is 25.5 Å². The molecule has 2 heterocycles. The smallest absolute Gasteiger partial charge is 0.167 e. The predicted molar refractivity (Wildman–Crippen MR) is 83.2 cm³/mol. The molecule has 21 heavy (non-hydrogen) atoms. The summed E-state index contributed by atoms with van der Waals surface area (Å²) in [4.78, 5) is 2.53. The third-order valence-electron chi connectivity index (χ3n) is 4.51. The van der Waals surface area contributed by atoms with Crippen LogP contribution in [0.1, 0.15) is 32.6 Å². The Bertz CT molecular complexity index is 509. The van der Waals surface area contributed by atoms with Gasteiger partial charge in [-0.25, -0.2) is 4.39 Å². The maximum Gasteiger partial charge on any atom is 0.167 e. The molecule has 0 amide bonds. The maximum atomic E-state index is 13.8. The SMILES string of the molecule is CCCOc1cc(NC2CCN3CCCC23)c(N)cc1F. The predicted octanol–water partition coefficient (Wildman–Crippen LogP) is 2.85. The third kappa shape index (κ3) is 2.93. The first kappa shape index (κ1) is 14.4. The number of nitrogens with two attached hydrogens (primary N) is 1. The van der Waals surface area contributed by atoms with Crippen molar-refractivity contribution >= 4 is 11.4 Å². The number of ether oxygens (including phenoxy) is 1. The van der Waals surface area contributed by atoms with E-state index in [0.717, 1.165) is 25.1 Å². The highest BCUT2D eigenvalue weighted by atomic mass is 19.1. The molecule has 1 aromatic rings. The zero-order valence-corrected chi connectivity index (χ0v) is 12.6. The van der Waals surface area contributed by atoms with Gasteiger partial charge >= 0.3 is 0 Å². The Morgan fingerprint density at radius 3 is 3.05 bits per heavy atom. The van der Waals surface area contributed by atoms with Crippen molar-refractivity contribution in [3.8, 4) is 5.75 Å². The Hall–Kier alpha value is -1.49. The zero-order valence-electron chi connectivity index (χ0n) is 12.6. The van der Waals surface area contributed by atoms with Crippen molar-refractivity contribution in [3.63, 3.8) is 0 Å². The van der Waals surface area contributed by atoms with E-state index in [2.05, 4.69) is 10.2 Å². The fourth-order valence-electron chi connectivity index (χ4n) is 3.47. The number of hydrogen-bond donors (Lipinski definition) is 2. The second-order valence-corrected chi connectivity index (χ2v) is 6.00. The van der Waals surface area contributed by atoms with E-state index in [-0.39, 0.29) is 11.6 Å². The number of nitrogens with one attached hydrogen (secondary N) is 1. The first-order valence-corrected chi connectivity index (χ1v) is 7.91. The molecule has 2 fully saturated rings. The Kier molecular flexibility index (Phi) is 4.19. The zero-order chi connectivity index (χ0) is 14.8. The largest absolute Gasteiger partial charge is 0.490 e. The molecule has 3 N–H and O–H groups in total. The van der Waals surface area contributed by atoms with Gasteiger partial charge in [-0.1, -0.05) is 6.92 Å². The van der Waals surface area contributed by atoms with Gasteiger partial charge in [0.25, 0.3) is 0 Å². The molecule has 0 aliphatic carbocycles. The van der Waals surface area contributed by atoms with Gasteiger partial charge in [0.1, 0.15) is 0 Å². The van der Waals surface area contributed by atoms with Crippen molar-refractivity contribution in [2.45, 2.75) is 44.7 Å². The van der Waals surface area contributed by atoms with Gasteiger partial charge in [-0.3, -0.25) is 4.90 Å². The molecule has 0 radical (unpaired) electrons. The van der Waals surface area contributed by atoms with Crippen LogP contribution >= 0.6 is 0 Å². The molecule has 2 saturated heterocycles. The van der Waals surface area contributed by atoms with E-state index in [4.69, 9.17) is 10.5 Å². The van der Waals surface area contributed by atoms with Crippen molar-refractivity contribution in [1.82, 2.24) is 4.90 Å². The van der Waals surface area contributed by atoms with Crippen molar-refractivity contribution in [2.24, 2.45) is 0 Å². The summed E-state index contributed by atoms with van der Waals surface area (Å²) in [5.41, 5.74) is 7.21. The molecule has 2 unspecified atom stereocenters. The lowest BCUT2D eigenvalue weighted by molar-refractivity contribution is 0.301. The lowest BCUT2D eigenvalue weighted by atomic mass is 10.1. The molecule has 5 heteroatoms. The molecule has 116 valence electrons. The molecule has 0 bridgehead atoms. The van der Waals surface area contributed by atoms with Crippen LogP contribution in [0.4, 0.5) is 15.8 Å². The van der Waals surface area contributed by atoms with E-state index >= 15 is 0 Å². The third-order valence-corrected chi connectivity index (χ3v) is 4.51. The fourth-order valence-corrected chi connectivity index (χ4v) is 3.47. The van der Waals surface area contributed by atoms with Crippen LogP contribution < -0.4 is 15.8 Å². The van der Waals surface area contributed by atoms with E-state index in [1.54, 1.807) is 6.07 Å². The van der Waals surface area contributed by atoms with Gasteiger partial charge in [0.15, 0.2) is 11.6 Å². The molecule has 0 spiro atoms. The van der Waals surface area contributed by atoms with Gasteiger partial charge < -0.3 is 15.8 Å². The van der Waals surface area contributed by atoms with Gasteiger partial charge in [-0.05, 0) is 32.2 Å².